The predicted molar refractivity (Wildman–Crippen MR) is 74.7 cm³/mol. The van der Waals surface area contributed by atoms with Gasteiger partial charge in [0.2, 0.25) is 0 Å². The summed E-state index contributed by atoms with van der Waals surface area (Å²) < 4.78 is 0. The van der Waals surface area contributed by atoms with Crippen LogP contribution in [0.3, 0.4) is 0 Å². The largest absolute Gasteiger partial charge is 0.395 e. The summed E-state index contributed by atoms with van der Waals surface area (Å²) in [4.78, 5) is 2.34. The SMILES string of the molecule is NC(CCN1CCCC1CO)c1cccc(Cl)c1. The fourth-order valence-electron chi connectivity index (χ4n) is 2.61. The van der Waals surface area contributed by atoms with E-state index in [1.165, 1.54) is 6.42 Å². The van der Waals surface area contributed by atoms with E-state index in [0.717, 1.165) is 36.5 Å². The maximum Gasteiger partial charge on any atom is 0.0586 e. The van der Waals surface area contributed by atoms with Crippen LogP contribution >= 0.6 is 11.6 Å². The maximum atomic E-state index is 9.26. The molecule has 0 bridgehead atoms. The number of likely N-dealkylation sites (tertiary alicyclic amines) is 1. The van der Waals surface area contributed by atoms with E-state index in [2.05, 4.69) is 4.90 Å². The van der Waals surface area contributed by atoms with Gasteiger partial charge in [-0.2, -0.15) is 0 Å². The molecule has 0 radical (unpaired) electrons. The first-order valence-corrected chi connectivity index (χ1v) is 6.94. The highest BCUT2D eigenvalue weighted by Crippen LogP contribution is 2.21. The Morgan fingerprint density at radius 1 is 1.50 bits per heavy atom. The van der Waals surface area contributed by atoms with E-state index in [9.17, 15) is 5.11 Å². The number of rotatable bonds is 5. The van der Waals surface area contributed by atoms with Gasteiger partial charge in [-0.1, -0.05) is 23.7 Å². The molecule has 1 aliphatic rings. The zero-order valence-corrected chi connectivity index (χ0v) is 11.3. The minimum atomic E-state index is 0.0173. The van der Waals surface area contributed by atoms with Crippen LogP contribution in [0.4, 0.5) is 0 Å². The van der Waals surface area contributed by atoms with Crippen molar-refractivity contribution in [3.05, 3.63) is 34.9 Å². The third kappa shape index (κ3) is 3.45. The minimum Gasteiger partial charge on any atom is -0.395 e. The average molecular weight is 269 g/mol. The Balaban J connectivity index is 1.86. The molecule has 4 heteroatoms. The van der Waals surface area contributed by atoms with Crippen LogP contribution in [0.15, 0.2) is 24.3 Å². The van der Waals surface area contributed by atoms with Gasteiger partial charge in [-0.3, -0.25) is 4.90 Å². The number of aliphatic hydroxyl groups is 1. The van der Waals surface area contributed by atoms with Crippen molar-refractivity contribution in [3.63, 3.8) is 0 Å². The molecule has 0 aliphatic carbocycles. The summed E-state index contributed by atoms with van der Waals surface area (Å²) >= 11 is 5.96. The molecular weight excluding hydrogens is 248 g/mol. The van der Waals surface area contributed by atoms with Gasteiger partial charge in [0.15, 0.2) is 0 Å². The summed E-state index contributed by atoms with van der Waals surface area (Å²) in [5, 5.41) is 10.00. The van der Waals surface area contributed by atoms with Crippen LogP contribution in [-0.2, 0) is 0 Å². The summed E-state index contributed by atoms with van der Waals surface area (Å²) in [6.07, 6.45) is 3.18. The highest BCUT2D eigenvalue weighted by Gasteiger charge is 2.23. The number of hydrogen-bond acceptors (Lipinski definition) is 3. The highest BCUT2D eigenvalue weighted by molar-refractivity contribution is 6.30. The quantitative estimate of drug-likeness (QED) is 0.861. The van der Waals surface area contributed by atoms with Gasteiger partial charge >= 0.3 is 0 Å². The molecule has 1 aliphatic heterocycles. The highest BCUT2D eigenvalue weighted by atomic mass is 35.5. The summed E-state index contributed by atoms with van der Waals surface area (Å²) in [6.45, 7) is 2.28. The van der Waals surface area contributed by atoms with Crippen LogP contribution in [-0.4, -0.2) is 35.7 Å². The lowest BCUT2D eigenvalue weighted by Gasteiger charge is -2.24. The van der Waals surface area contributed by atoms with Crippen LogP contribution in [0.25, 0.3) is 0 Å². The Kier molecular flexibility index (Phi) is 5.01. The van der Waals surface area contributed by atoms with Crippen LogP contribution in [0.5, 0.6) is 0 Å². The first-order valence-electron chi connectivity index (χ1n) is 6.56. The van der Waals surface area contributed by atoms with Crippen LogP contribution in [0.1, 0.15) is 30.9 Å². The van der Waals surface area contributed by atoms with Crippen LogP contribution in [0.2, 0.25) is 5.02 Å². The molecule has 3 N–H and O–H groups in total. The molecule has 1 aromatic carbocycles. The number of nitrogens with zero attached hydrogens (tertiary/aromatic N) is 1. The van der Waals surface area contributed by atoms with Crippen molar-refractivity contribution in [1.29, 1.82) is 0 Å². The van der Waals surface area contributed by atoms with E-state index >= 15 is 0 Å². The first-order chi connectivity index (χ1) is 8.70. The Morgan fingerprint density at radius 3 is 3.06 bits per heavy atom. The van der Waals surface area contributed by atoms with Gasteiger partial charge in [-0.15, -0.1) is 0 Å². The van der Waals surface area contributed by atoms with E-state index in [1.807, 2.05) is 24.3 Å². The number of benzene rings is 1. The average Bonchev–Trinajstić information content (AvgIpc) is 2.83. The number of hydrogen-bond donors (Lipinski definition) is 2. The van der Waals surface area contributed by atoms with Gasteiger partial charge in [0, 0.05) is 23.7 Å². The Bertz CT molecular complexity index is 386. The molecule has 18 heavy (non-hydrogen) atoms. The fourth-order valence-corrected chi connectivity index (χ4v) is 2.80. The molecule has 0 spiro atoms. The Labute approximate surface area is 114 Å². The minimum absolute atomic E-state index is 0.0173. The van der Waals surface area contributed by atoms with E-state index in [1.54, 1.807) is 0 Å². The third-order valence-corrected chi connectivity index (χ3v) is 3.95. The summed E-state index contributed by atoms with van der Waals surface area (Å²) in [6, 6.07) is 8.09. The first kappa shape index (κ1) is 13.8. The normalized spacial score (nSPS) is 22.3. The van der Waals surface area contributed by atoms with Gasteiger partial charge in [0.05, 0.1) is 6.61 Å². The fraction of sp³-hybridized carbons (Fsp3) is 0.571. The van der Waals surface area contributed by atoms with Gasteiger partial charge in [-0.25, -0.2) is 0 Å². The third-order valence-electron chi connectivity index (χ3n) is 3.71. The van der Waals surface area contributed by atoms with Crippen LogP contribution in [0, 0.1) is 0 Å². The monoisotopic (exact) mass is 268 g/mol. The molecule has 0 amide bonds. The van der Waals surface area contributed by atoms with Gasteiger partial charge in [-0.05, 0) is 43.5 Å². The number of aliphatic hydroxyl groups excluding tert-OH is 1. The molecule has 3 nitrogen and oxygen atoms in total. The van der Waals surface area contributed by atoms with Gasteiger partial charge in [0.1, 0.15) is 0 Å². The molecule has 1 heterocycles. The van der Waals surface area contributed by atoms with Crippen molar-refractivity contribution in [2.24, 2.45) is 5.73 Å². The van der Waals surface area contributed by atoms with Crippen molar-refractivity contribution in [2.75, 3.05) is 19.7 Å². The topological polar surface area (TPSA) is 49.5 Å². The van der Waals surface area contributed by atoms with E-state index in [0.29, 0.717) is 6.04 Å². The second-order valence-electron chi connectivity index (χ2n) is 4.96. The molecule has 2 atom stereocenters. The second kappa shape index (κ2) is 6.53. The lowest BCUT2D eigenvalue weighted by molar-refractivity contribution is 0.155. The van der Waals surface area contributed by atoms with Crippen LogP contribution < -0.4 is 5.73 Å². The van der Waals surface area contributed by atoms with E-state index < -0.39 is 0 Å². The number of halogens is 1. The lowest BCUT2D eigenvalue weighted by atomic mass is 10.0. The molecular formula is C14H21ClN2O. The molecule has 100 valence electrons. The summed E-state index contributed by atoms with van der Waals surface area (Å²) in [7, 11) is 0. The second-order valence-corrected chi connectivity index (χ2v) is 5.40. The van der Waals surface area contributed by atoms with Crippen molar-refractivity contribution >= 4 is 11.6 Å². The molecule has 2 rings (SSSR count). The smallest absolute Gasteiger partial charge is 0.0586 e. The van der Waals surface area contributed by atoms with Gasteiger partial charge in [0.25, 0.3) is 0 Å². The zero-order chi connectivity index (χ0) is 13.0. The van der Waals surface area contributed by atoms with Gasteiger partial charge < -0.3 is 10.8 Å². The zero-order valence-electron chi connectivity index (χ0n) is 10.6. The van der Waals surface area contributed by atoms with E-state index in [4.69, 9.17) is 17.3 Å². The predicted octanol–water partition coefficient (Wildman–Crippen LogP) is 2.19. The number of nitrogens with two attached hydrogens (primary N) is 1. The van der Waals surface area contributed by atoms with Crippen molar-refractivity contribution in [2.45, 2.75) is 31.3 Å². The lowest BCUT2D eigenvalue weighted by Crippen LogP contribution is -2.34. The molecule has 0 aromatic heterocycles. The van der Waals surface area contributed by atoms with Crippen molar-refractivity contribution in [1.82, 2.24) is 4.90 Å². The summed E-state index contributed by atoms with van der Waals surface area (Å²) in [5.74, 6) is 0. The Hall–Kier alpha value is -0.610. The summed E-state index contributed by atoms with van der Waals surface area (Å²) in [5.41, 5.74) is 7.27. The van der Waals surface area contributed by atoms with Crippen molar-refractivity contribution in [3.8, 4) is 0 Å². The van der Waals surface area contributed by atoms with Crippen molar-refractivity contribution < 1.29 is 5.11 Å². The molecule has 1 aromatic rings. The standard InChI is InChI=1S/C14H21ClN2O/c15-12-4-1-3-11(9-12)14(16)6-8-17-7-2-5-13(17)10-18/h1,3-4,9,13-14,18H,2,5-8,10,16H2. The van der Waals surface area contributed by atoms with E-state index in [-0.39, 0.29) is 12.6 Å². The Morgan fingerprint density at radius 2 is 2.33 bits per heavy atom. The molecule has 1 fully saturated rings. The maximum absolute atomic E-state index is 9.26. The molecule has 1 saturated heterocycles. The molecule has 0 saturated carbocycles. The molecule has 2 unspecified atom stereocenters.